The van der Waals surface area contributed by atoms with E-state index in [0.29, 0.717) is 140 Å². The Bertz CT molecular complexity index is 5040. The molecule has 0 aliphatic carbocycles. The Hall–Kier alpha value is -12.1. The molecule has 0 saturated carbocycles. The van der Waals surface area contributed by atoms with Crippen molar-refractivity contribution in [1.82, 2.24) is 51.2 Å². The SMILES string of the molecule is NCCC[C@@H]1N[C@H](CNC(=O)C2CCN(c3ccccc3)C2=O)CCN(CC(c2ccccc2)c2ccccc2)C1=O.NCCC[C@@H]1N[C@H](CNC(=O)c2ccc(-c3ccc(Cl)cc3)o2)CCN(CC(c2ccccc2)c2ccccc2)C1=O.NCCC[C@@H]1N[C@H](CNC(=O)c2ccc(-n3cccc3)cc2)CCN(CC(c2ccccc2)c2ccccc2)C1=O. The molecule has 650 valence electrons. The molecule has 15 rings (SSSR count). The molecule has 11 aromatic rings. The number of aromatic nitrogens is 1. The molecule has 125 heavy (non-hydrogen) atoms. The van der Waals surface area contributed by atoms with E-state index in [4.69, 9.17) is 33.2 Å². The standard InChI is InChI=1S/C34H37ClN4O3.C34H41N5O3.C34H39N5O2/c35-27-15-13-26(14-16-27)31-17-18-32(42-31)33(40)37-22-28-19-21-39(34(41)30(38-28)12-7-20-36)23-29(24-8-3-1-4-9-24)25-10-5-2-6-11-25;35-20-10-17-31-34(42)38(24-30(25-11-4-1-5-12-25)26-13-6-2-7-14-26)21-18-27(37-31)23-36-32(40)29-19-22-39(33(29)41)28-15-8-3-9-16-28;35-20-9-14-32-34(41)39(25-31(26-10-3-1-4-11-26)27-12-5-2-6-13-27)23-19-29(37-32)24-36-33(40)28-15-17-30(18-16-28)38-21-7-8-22-38/h1-6,8-11,13-18,28-30,38H,7,12,19-23,36H2,(H,37,40);1-9,11-16,27,29-31,37H,10,17-24,35H2,(H,36,40);1-8,10-13,15-18,21-22,29,31-32,37H,9,14,19-20,23-25,35H2,(H,36,40)/t28-,30-;27-,29?,31-;29-,32-/m000/s1. The van der Waals surface area contributed by atoms with Crippen molar-refractivity contribution in [1.29, 1.82) is 0 Å². The van der Waals surface area contributed by atoms with E-state index in [0.717, 1.165) is 42.6 Å². The minimum absolute atomic E-state index is 0.0262. The fourth-order valence-electron chi connectivity index (χ4n) is 17.1. The van der Waals surface area contributed by atoms with Gasteiger partial charge in [-0.05, 0) is 202 Å². The van der Waals surface area contributed by atoms with E-state index in [2.05, 4.69) is 105 Å². The van der Waals surface area contributed by atoms with Gasteiger partial charge in [-0.2, -0.15) is 0 Å². The smallest absolute Gasteiger partial charge is 0.287 e. The summed E-state index contributed by atoms with van der Waals surface area (Å²) in [5, 5.41) is 20.3. The van der Waals surface area contributed by atoms with Crippen molar-refractivity contribution in [3.8, 4) is 17.0 Å². The number of nitrogens with one attached hydrogen (secondary N) is 6. The number of hydrogen-bond acceptors (Lipinski definition) is 14. The monoisotopic (exact) mass is 1700 g/mol. The Morgan fingerprint density at radius 3 is 1.12 bits per heavy atom. The van der Waals surface area contributed by atoms with Crippen LogP contribution in [-0.2, 0) is 24.0 Å². The number of anilines is 1. The van der Waals surface area contributed by atoms with Crippen LogP contribution < -0.4 is 54.0 Å². The Labute approximate surface area is 739 Å². The zero-order valence-electron chi connectivity index (χ0n) is 70.9. The Morgan fingerprint density at radius 1 is 0.384 bits per heavy atom. The average Bonchev–Trinajstić information content (AvgIpc) is 1.50. The van der Waals surface area contributed by atoms with Gasteiger partial charge in [-0.3, -0.25) is 33.6 Å². The molecule has 4 aliphatic heterocycles. The van der Waals surface area contributed by atoms with E-state index >= 15 is 0 Å². The first kappa shape index (κ1) is 90.6. The molecule has 9 aromatic carbocycles. The molecule has 0 bridgehead atoms. The summed E-state index contributed by atoms with van der Waals surface area (Å²) in [5.74, 6) is -0.278. The Morgan fingerprint density at radius 2 is 0.744 bits per heavy atom. The van der Waals surface area contributed by atoms with Gasteiger partial charge in [-0.15, -0.1) is 0 Å². The highest BCUT2D eigenvalue weighted by Gasteiger charge is 2.40. The second kappa shape index (κ2) is 46.6. The van der Waals surface area contributed by atoms with Gasteiger partial charge in [0.15, 0.2) is 5.76 Å². The summed E-state index contributed by atoms with van der Waals surface area (Å²) in [5.41, 5.74) is 27.8. The zero-order chi connectivity index (χ0) is 87.1. The molecule has 12 N–H and O–H groups in total. The average molecular weight is 1700 g/mol. The molecular weight excluding hydrogens is 1580 g/mol. The topological polar surface area (TPSA) is 301 Å². The lowest BCUT2D eigenvalue weighted by molar-refractivity contribution is -0.133. The van der Waals surface area contributed by atoms with E-state index < -0.39 is 5.92 Å². The van der Waals surface area contributed by atoms with Crippen molar-refractivity contribution in [2.45, 2.75) is 118 Å². The summed E-state index contributed by atoms with van der Waals surface area (Å²) >= 11 is 5.99. The highest BCUT2D eigenvalue weighted by molar-refractivity contribution is 6.30. The molecule has 7 atom stereocenters. The summed E-state index contributed by atoms with van der Waals surface area (Å²) in [4.78, 5) is 101. The van der Waals surface area contributed by atoms with Crippen LogP contribution in [0.4, 0.5) is 5.69 Å². The number of nitrogens with two attached hydrogens (primary N) is 3. The van der Waals surface area contributed by atoms with E-state index in [1.807, 2.05) is 220 Å². The number of rotatable bonds is 33. The number of carbonyl (C=O) groups is 7. The van der Waals surface area contributed by atoms with E-state index in [9.17, 15) is 33.6 Å². The van der Waals surface area contributed by atoms with Crippen LogP contribution in [-0.4, -0.2) is 182 Å². The van der Waals surface area contributed by atoms with Crippen molar-refractivity contribution in [2.75, 3.05) is 90.0 Å². The predicted octanol–water partition coefficient (Wildman–Crippen LogP) is 13.1. The van der Waals surface area contributed by atoms with Gasteiger partial charge in [-0.1, -0.05) is 212 Å². The van der Waals surface area contributed by atoms with Crippen LogP contribution in [0.2, 0.25) is 5.02 Å². The van der Waals surface area contributed by atoms with Gasteiger partial charge < -0.3 is 77.7 Å². The molecular formula is C102H117ClN14O8. The third-order valence-electron chi connectivity index (χ3n) is 24.0. The Balaban J connectivity index is 0.000000161. The molecule has 7 amide bonds. The second-order valence-electron chi connectivity index (χ2n) is 32.5. The lowest BCUT2D eigenvalue weighted by atomic mass is 9.90. The molecule has 1 unspecified atom stereocenters. The molecule has 4 aliphatic rings. The predicted molar refractivity (Wildman–Crippen MR) is 494 cm³/mol. The number of hydrogen-bond donors (Lipinski definition) is 9. The maximum atomic E-state index is 13.8. The molecule has 2 aromatic heterocycles. The van der Waals surface area contributed by atoms with Crippen LogP contribution in [0, 0.1) is 5.92 Å². The first-order valence-electron chi connectivity index (χ1n) is 44.0. The van der Waals surface area contributed by atoms with Gasteiger partial charge in [0, 0.05) is 141 Å². The third-order valence-corrected chi connectivity index (χ3v) is 24.3. The van der Waals surface area contributed by atoms with Gasteiger partial charge in [-0.25, -0.2) is 0 Å². The number of carbonyl (C=O) groups excluding carboxylic acids is 7. The molecule has 22 nitrogen and oxygen atoms in total. The highest BCUT2D eigenvalue weighted by Crippen LogP contribution is 2.33. The molecule has 4 saturated heterocycles. The molecule has 4 fully saturated rings. The van der Waals surface area contributed by atoms with Crippen molar-refractivity contribution in [3.05, 3.63) is 347 Å². The molecule has 23 heteroatoms. The van der Waals surface area contributed by atoms with Crippen molar-refractivity contribution in [3.63, 3.8) is 0 Å². The normalized spacial score (nSPS) is 18.6. The minimum atomic E-state index is -0.695. The molecule has 6 heterocycles. The second-order valence-corrected chi connectivity index (χ2v) is 33.0. The fourth-order valence-corrected chi connectivity index (χ4v) is 17.2. The van der Waals surface area contributed by atoms with Gasteiger partial charge >= 0.3 is 0 Å². The number of amides is 7. The van der Waals surface area contributed by atoms with Crippen LogP contribution in [0.3, 0.4) is 0 Å². The number of halogens is 1. The first-order chi connectivity index (χ1) is 61.2. The maximum absolute atomic E-state index is 13.8. The third kappa shape index (κ3) is 25.3. The number of para-hydroxylation sites is 1. The highest BCUT2D eigenvalue weighted by atomic mass is 35.5. The van der Waals surface area contributed by atoms with Crippen LogP contribution >= 0.6 is 11.6 Å². The van der Waals surface area contributed by atoms with Crippen LogP contribution in [0.5, 0.6) is 0 Å². The van der Waals surface area contributed by atoms with Gasteiger partial charge in [0.05, 0.1) is 18.1 Å². The van der Waals surface area contributed by atoms with E-state index in [1.165, 1.54) is 33.4 Å². The van der Waals surface area contributed by atoms with Crippen LogP contribution in [0.15, 0.2) is 302 Å². The summed E-state index contributed by atoms with van der Waals surface area (Å²) in [6, 6.07) is 92.4. The minimum Gasteiger partial charge on any atom is -0.451 e. The summed E-state index contributed by atoms with van der Waals surface area (Å²) in [6.45, 7) is 6.77. The quantitative estimate of drug-likeness (QED) is 0.0173. The van der Waals surface area contributed by atoms with Gasteiger partial charge in [0.2, 0.25) is 29.5 Å². The fraction of sp³-hybridized carbons (Fsp3) is 0.324. The molecule has 0 radical (unpaired) electrons. The van der Waals surface area contributed by atoms with Crippen LogP contribution in [0.1, 0.15) is 136 Å². The van der Waals surface area contributed by atoms with Gasteiger partial charge in [0.25, 0.3) is 11.8 Å². The largest absolute Gasteiger partial charge is 0.451 e. The lowest BCUT2D eigenvalue weighted by Crippen LogP contribution is -2.50. The summed E-state index contributed by atoms with van der Waals surface area (Å²) in [7, 11) is 0. The maximum Gasteiger partial charge on any atom is 0.287 e. The zero-order valence-corrected chi connectivity index (χ0v) is 71.7. The van der Waals surface area contributed by atoms with Crippen molar-refractivity contribution < 1.29 is 38.0 Å². The summed E-state index contributed by atoms with van der Waals surface area (Å²) in [6.07, 6.45) is 10.7. The number of nitrogens with zero attached hydrogens (tertiary/aromatic N) is 5. The van der Waals surface area contributed by atoms with E-state index in [-0.39, 0.29) is 101 Å². The molecule has 0 spiro atoms. The Kier molecular flexibility index (Phi) is 33.7. The van der Waals surface area contributed by atoms with Crippen molar-refractivity contribution in [2.24, 2.45) is 23.1 Å². The summed E-state index contributed by atoms with van der Waals surface area (Å²) < 4.78 is 7.82. The number of benzene rings is 9. The van der Waals surface area contributed by atoms with Crippen LogP contribution in [0.25, 0.3) is 17.0 Å². The lowest BCUT2D eigenvalue weighted by Gasteiger charge is -2.29. The first-order valence-corrected chi connectivity index (χ1v) is 44.4. The van der Waals surface area contributed by atoms with Crippen molar-refractivity contribution >= 4 is 58.6 Å². The number of furan rings is 1. The van der Waals surface area contributed by atoms with E-state index in [1.54, 1.807) is 29.2 Å². The van der Waals surface area contributed by atoms with Gasteiger partial charge in [0.1, 0.15) is 11.7 Å².